The van der Waals surface area contributed by atoms with Crippen LogP contribution in [-0.4, -0.2) is 17.5 Å². The Morgan fingerprint density at radius 3 is 2.37 bits per heavy atom. The molecule has 0 aromatic rings. The first-order chi connectivity index (χ1) is 8.64. The van der Waals surface area contributed by atoms with Crippen LogP contribution in [0.1, 0.15) is 67.2 Å². The van der Waals surface area contributed by atoms with E-state index < -0.39 is 5.79 Å². The molecule has 0 spiro atoms. The third-order valence-electron chi connectivity index (χ3n) is 6.27. The Balaban J connectivity index is 2.00. The molecule has 1 aliphatic heterocycles. The molecule has 0 amide bonds. The second kappa shape index (κ2) is 3.98. The van der Waals surface area contributed by atoms with Crippen LogP contribution in [0.25, 0.3) is 0 Å². The van der Waals surface area contributed by atoms with Gasteiger partial charge < -0.3 is 9.47 Å². The number of hydrogen-bond acceptors (Lipinski definition) is 2. The molecular formula is C17H30O2. The van der Waals surface area contributed by atoms with Crippen LogP contribution in [0.15, 0.2) is 0 Å². The standard InChI is InChI=1S/C17H30O2/c1-11-7-8-15(2,3)13-9-12(11)10-14-17(13,6)19-16(4,5)18-14/h11-14H,7-10H2,1-6H3/t11-,12+,13?,14-,17+/m1/s1. The molecule has 1 heterocycles. The number of rotatable bonds is 0. The summed E-state index contributed by atoms with van der Waals surface area (Å²) in [5, 5.41) is 0. The first-order valence-electron chi connectivity index (χ1n) is 8.02. The van der Waals surface area contributed by atoms with Gasteiger partial charge in [0.25, 0.3) is 0 Å². The predicted molar refractivity (Wildman–Crippen MR) is 76.8 cm³/mol. The van der Waals surface area contributed by atoms with E-state index >= 15 is 0 Å². The molecule has 0 aromatic carbocycles. The first kappa shape index (κ1) is 13.9. The maximum Gasteiger partial charge on any atom is 0.164 e. The summed E-state index contributed by atoms with van der Waals surface area (Å²) in [6.07, 6.45) is 5.47. The van der Waals surface area contributed by atoms with Crippen LogP contribution in [0.2, 0.25) is 0 Å². The van der Waals surface area contributed by atoms with Crippen molar-refractivity contribution < 1.29 is 9.47 Å². The molecule has 1 unspecified atom stereocenters. The van der Waals surface area contributed by atoms with Gasteiger partial charge in [0.1, 0.15) is 0 Å². The molecule has 2 bridgehead atoms. The lowest BCUT2D eigenvalue weighted by atomic mass is 9.60. The second-order valence-electron chi connectivity index (χ2n) is 8.58. The van der Waals surface area contributed by atoms with E-state index in [2.05, 4.69) is 41.5 Å². The van der Waals surface area contributed by atoms with Gasteiger partial charge in [0.2, 0.25) is 0 Å². The molecule has 0 aromatic heterocycles. The summed E-state index contributed by atoms with van der Waals surface area (Å²) >= 11 is 0. The lowest BCUT2D eigenvalue weighted by Crippen LogP contribution is -2.54. The van der Waals surface area contributed by atoms with Crippen molar-refractivity contribution >= 4 is 0 Å². The van der Waals surface area contributed by atoms with Crippen LogP contribution in [0.4, 0.5) is 0 Å². The fourth-order valence-corrected chi connectivity index (χ4v) is 5.13. The van der Waals surface area contributed by atoms with Gasteiger partial charge in [0.15, 0.2) is 5.79 Å². The summed E-state index contributed by atoms with van der Waals surface area (Å²) in [7, 11) is 0. The summed E-state index contributed by atoms with van der Waals surface area (Å²) in [5.74, 6) is 1.87. The largest absolute Gasteiger partial charge is 0.344 e. The smallest absolute Gasteiger partial charge is 0.164 e. The third kappa shape index (κ3) is 2.06. The number of ether oxygens (including phenoxy) is 2. The molecule has 3 fully saturated rings. The van der Waals surface area contributed by atoms with Crippen LogP contribution >= 0.6 is 0 Å². The average molecular weight is 266 g/mol. The SMILES string of the molecule is C[C@@H]1CCC(C)(C)C2C[C@H]1C[C@H]1OC(C)(C)O[C@@]21C. The molecule has 2 aliphatic carbocycles. The summed E-state index contributed by atoms with van der Waals surface area (Å²) in [5.41, 5.74) is 0.272. The summed E-state index contributed by atoms with van der Waals surface area (Å²) < 4.78 is 12.7. The van der Waals surface area contributed by atoms with E-state index in [9.17, 15) is 0 Å². The average Bonchev–Trinajstić information content (AvgIpc) is 2.46. The Morgan fingerprint density at radius 1 is 1.00 bits per heavy atom. The van der Waals surface area contributed by atoms with Gasteiger partial charge in [-0.15, -0.1) is 0 Å². The van der Waals surface area contributed by atoms with Crippen LogP contribution in [0.3, 0.4) is 0 Å². The highest BCUT2D eigenvalue weighted by molar-refractivity contribution is 5.08. The molecule has 1 saturated heterocycles. The van der Waals surface area contributed by atoms with Crippen molar-refractivity contribution in [3.05, 3.63) is 0 Å². The van der Waals surface area contributed by atoms with Crippen molar-refractivity contribution in [1.29, 1.82) is 0 Å². The Hall–Kier alpha value is -0.0800. The lowest BCUT2D eigenvalue weighted by Gasteiger charge is -2.49. The van der Waals surface area contributed by atoms with Gasteiger partial charge in [0.05, 0.1) is 11.7 Å². The Bertz CT molecular complexity index is 373. The maximum absolute atomic E-state index is 6.43. The Morgan fingerprint density at radius 2 is 1.68 bits per heavy atom. The molecule has 0 N–H and O–H groups in total. The van der Waals surface area contributed by atoms with Gasteiger partial charge in [-0.05, 0) is 69.6 Å². The van der Waals surface area contributed by atoms with E-state index in [0.717, 1.165) is 11.8 Å². The predicted octanol–water partition coefficient (Wildman–Crippen LogP) is 4.38. The molecule has 19 heavy (non-hydrogen) atoms. The van der Waals surface area contributed by atoms with Crippen molar-refractivity contribution in [2.24, 2.45) is 23.2 Å². The highest BCUT2D eigenvalue weighted by atomic mass is 16.8. The van der Waals surface area contributed by atoms with Crippen molar-refractivity contribution in [2.75, 3.05) is 0 Å². The normalized spacial score (nSPS) is 51.5. The zero-order chi connectivity index (χ0) is 14.1. The maximum atomic E-state index is 6.43. The van der Waals surface area contributed by atoms with E-state index in [4.69, 9.17) is 9.47 Å². The monoisotopic (exact) mass is 266 g/mol. The highest BCUT2D eigenvalue weighted by Crippen LogP contribution is 2.59. The zero-order valence-corrected chi connectivity index (χ0v) is 13.5. The van der Waals surface area contributed by atoms with E-state index in [-0.39, 0.29) is 11.7 Å². The molecular weight excluding hydrogens is 236 g/mol. The van der Waals surface area contributed by atoms with Crippen molar-refractivity contribution in [3.8, 4) is 0 Å². The minimum atomic E-state index is -0.412. The second-order valence-corrected chi connectivity index (χ2v) is 8.58. The minimum absolute atomic E-state index is 0.0897. The number of fused-ring (bicyclic) bond motifs is 4. The van der Waals surface area contributed by atoms with Crippen LogP contribution in [0, 0.1) is 23.2 Å². The van der Waals surface area contributed by atoms with E-state index in [1.807, 2.05) is 0 Å². The van der Waals surface area contributed by atoms with Crippen LogP contribution in [0.5, 0.6) is 0 Å². The third-order valence-corrected chi connectivity index (χ3v) is 6.27. The van der Waals surface area contributed by atoms with Crippen LogP contribution in [-0.2, 0) is 9.47 Å². The molecule has 2 nitrogen and oxygen atoms in total. The van der Waals surface area contributed by atoms with E-state index in [0.29, 0.717) is 11.3 Å². The van der Waals surface area contributed by atoms with Crippen molar-refractivity contribution in [1.82, 2.24) is 0 Å². The van der Waals surface area contributed by atoms with Gasteiger partial charge in [-0.3, -0.25) is 0 Å². The summed E-state index contributed by atoms with van der Waals surface area (Å²) in [6, 6.07) is 0. The molecule has 5 atom stereocenters. The molecule has 2 saturated carbocycles. The molecule has 0 radical (unpaired) electrons. The summed E-state index contributed by atoms with van der Waals surface area (Å²) in [6.45, 7) is 13.8. The highest BCUT2D eigenvalue weighted by Gasteiger charge is 2.61. The van der Waals surface area contributed by atoms with Crippen LogP contribution < -0.4 is 0 Å². The van der Waals surface area contributed by atoms with Gasteiger partial charge in [-0.1, -0.05) is 20.8 Å². The molecule has 3 rings (SSSR count). The van der Waals surface area contributed by atoms with E-state index in [1.165, 1.54) is 25.7 Å². The first-order valence-corrected chi connectivity index (χ1v) is 8.02. The molecule has 3 aliphatic rings. The Labute approximate surface area is 118 Å². The van der Waals surface area contributed by atoms with Crippen molar-refractivity contribution in [3.63, 3.8) is 0 Å². The van der Waals surface area contributed by atoms with Gasteiger partial charge in [-0.2, -0.15) is 0 Å². The molecule has 110 valence electrons. The van der Waals surface area contributed by atoms with E-state index in [1.54, 1.807) is 0 Å². The molecule has 2 heteroatoms. The van der Waals surface area contributed by atoms with Crippen molar-refractivity contribution in [2.45, 2.75) is 84.7 Å². The zero-order valence-electron chi connectivity index (χ0n) is 13.5. The fourth-order valence-electron chi connectivity index (χ4n) is 5.13. The fraction of sp³-hybridized carbons (Fsp3) is 1.00. The topological polar surface area (TPSA) is 18.5 Å². The number of hydrogen-bond donors (Lipinski definition) is 0. The quantitative estimate of drug-likeness (QED) is 0.648. The van der Waals surface area contributed by atoms with Gasteiger partial charge in [0, 0.05) is 0 Å². The Kier molecular flexibility index (Phi) is 2.91. The van der Waals surface area contributed by atoms with Gasteiger partial charge >= 0.3 is 0 Å². The summed E-state index contributed by atoms with van der Waals surface area (Å²) in [4.78, 5) is 0. The minimum Gasteiger partial charge on any atom is -0.344 e. The lowest BCUT2D eigenvalue weighted by molar-refractivity contribution is -0.179. The van der Waals surface area contributed by atoms with Gasteiger partial charge in [-0.25, -0.2) is 0 Å².